The fourth-order valence-corrected chi connectivity index (χ4v) is 4.68. The van der Waals surface area contributed by atoms with Crippen molar-refractivity contribution in [3.63, 3.8) is 0 Å². The molecule has 0 spiro atoms. The van der Waals surface area contributed by atoms with Crippen molar-refractivity contribution in [2.45, 2.75) is 84.9 Å². The van der Waals surface area contributed by atoms with Crippen LogP contribution in [0.2, 0.25) is 0 Å². The number of hydrogen-bond acceptors (Lipinski definition) is 9. The summed E-state index contributed by atoms with van der Waals surface area (Å²) in [7, 11) is 0. The minimum absolute atomic E-state index is 0.0933. The Morgan fingerprint density at radius 1 is 1.00 bits per heavy atom. The van der Waals surface area contributed by atoms with Crippen LogP contribution in [0.25, 0.3) is 0 Å². The van der Waals surface area contributed by atoms with Gasteiger partial charge in [0.15, 0.2) is 0 Å². The highest BCUT2D eigenvalue weighted by Crippen LogP contribution is 2.19. The van der Waals surface area contributed by atoms with E-state index in [1.165, 1.54) is 11.8 Å². The molecule has 0 aromatic heterocycles. The Bertz CT molecular complexity index is 1220. The average molecular weight is 631 g/mol. The van der Waals surface area contributed by atoms with Gasteiger partial charge in [0.05, 0.1) is 6.54 Å². The van der Waals surface area contributed by atoms with Crippen molar-refractivity contribution in [1.82, 2.24) is 20.9 Å². The van der Waals surface area contributed by atoms with E-state index in [9.17, 15) is 33.6 Å². The predicted molar refractivity (Wildman–Crippen MR) is 165 cm³/mol. The van der Waals surface area contributed by atoms with E-state index >= 15 is 0 Å². The molecule has 0 radical (unpaired) electrons. The molecule has 6 amide bonds. The Balaban J connectivity index is 1.93. The number of ether oxygens (including phenoxy) is 1. The van der Waals surface area contributed by atoms with Crippen LogP contribution in [-0.4, -0.2) is 78.0 Å². The van der Waals surface area contributed by atoms with Crippen LogP contribution >= 0.6 is 0 Å². The lowest BCUT2D eigenvalue weighted by atomic mass is 10.0. The molecule has 3 unspecified atom stereocenters. The van der Waals surface area contributed by atoms with Crippen molar-refractivity contribution in [2.24, 2.45) is 17.6 Å². The number of hydrogen-bond donors (Lipinski definition) is 5. The van der Waals surface area contributed by atoms with E-state index in [1.54, 1.807) is 45.0 Å². The lowest BCUT2D eigenvalue weighted by Gasteiger charge is -2.25. The molecule has 1 aromatic rings. The van der Waals surface area contributed by atoms with Crippen LogP contribution in [0.5, 0.6) is 0 Å². The van der Waals surface area contributed by atoms with E-state index in [0.29, 0.717) is 31.5 Å². The number of rotatable bonds is 19. The molecule has 0 bridgehead atoms. The number of primary amides is 1. The minimum atomic E-state index is -1.00. The number of amides is 6. The van der Waals surface area contributed by atoms with Gasteiger partial charge in [-0.05, 0) is 49.4 Å². The fraction of sp³-hybridized carbons (Fsp3) is 0.581. The van der Waals surface area contributed by atoms with Gasteiger partial charge >= 0.3 is 5.97 Å². The topological polar surface area (TPSA) is 206 Å². The van der Waals surface area contributed by atoms with E-state index in [4.69, 9.17) is 10.5 Å². The van der Waals surface area contributed by atoms with Gasteiger partial charge in [-0.25, -0.2) is 0 Å². The molecule has 1 saturated heterocycles. The molecule has 3 atom stereocenters. The Labute approximate surface area is 263 Å². The number of nitrogens with two attached hydrogens (primary N) is 1. The molecule has 1 aromatic carbocycles. The first-order valence-electron chi connectivity index (χ1n) is 15.2. The number of likely N-dealkylation sites (tertiary alicyclic amines) is 1. The standard InChI is InChI=1S/C31H46N6O8/c1-19(2)28(36-26(40)8-6-5-7-15-37-27(41)16-20(3)31(37)44)30(43)35-24(13-14-33-17-25(32)39)29(42)34-23-11-9-22(10-12-23)18-45-21(4)38/h9-12,19-20,24,28,33H,5-8,13-18H2,1-4H3,(H2,32,39)(H,34,42)(H,35,43)(H,36,40). The molecule has 248 valence electrons. The lowest BCUT2D eigenvalue weighted by Crippen LogP contribution is -2.55. The Hall–Kier alpha value is -4.33. The van der Waals surface area contributed by atoms with Gasteiger partial charge in [-0.2, -0.15) is 0 Å². The maximum Gasteiger partial charge on any atom is 0.302 e. The first-order chi connectivity index (χ1) is 21.3. The van der Waals surface area contributed by atoms with Crippen molar-refractivity contribution in [1.29, 1.82) is 0 Å². The van der Waals surface area contributed by atoms with Crippen molar-refractivity contribution >= 4 is 47.1 Å². The maximum absolute atomic E-state index is 13.3. The molecule has 14 nitrogen and oxygen atoms in total. The van der Waals surface area contributed by atoms with Crippen LogP contribution in [0.1, 0.15) is 71.8 Å². The van der Waals surface area contributed by atoms with E-state index in [2.05, 4.69) is 21.3 Å². The largest absolute Gasteiger partial charge is 0.461 e. The smallest absolute Gasteiger partial charge is 0.302 e. The van der Waals surface area contributed by atoms with Crippen molar-refractivity contribution < 1.29 is 38.3 Å². The lowest BCUT2D eigenvalue weighted by molar-refractivity contribution is -0.142. The summed E-state index contributed by atoms with van der Waals surface area (Å²) < 4.78 is 4.97. The van der Waals surface area contributed by atoms with Crippen LogP contribution < -0.4 is 27.0 Å². The summed E-state index contributed by atoms with van der Waals surface area (Å²) >= 11 is 0. The van der Waals surface area contributed by atoms with Crippen LogP contribution in [0.3, 0.4) is 0 Å². The Morgan fingerprint density at radius 3 is 2.27 bits per heavy atom. The van der Waals surface area contributed by atoms with Crippen molar-refractivity contribution in [3.05, 3.63) is 29.8 Å². The molecule has 45 heavy (non-hydrogen) atoms. The number of benzene rings is 1. The predicted octanol–water partition coefficient (Wildman–Crippen LogP) is 0.734. The zero-order chi connectivity index (χ0) is 33.5. The number of carbonyl (C=O) groups is 7. The molecule has 1 fully saturated rings. The fourth-order valence-electron chi connectivity index (χ4n) is 4.68. The second-order valence-electron chi connectivity index (χ2n) is 11.5. The second kappa shape index (κ2) is 18.5. The first-order valence-corrected chi connectivity index (χ1v) is 15.2. The molecule has 14 heteroatoms. The highest BCUT2D eigenvalue weighted by atomic mass is 16.5. The van der Waals surface area contributed by atoms with Gasteiger partial charge in [0.1, 0.15) is 18.7 Å². The highest BCUT2D eigenvalue weighted by Gasteiger charge is 2.35. The quantitative estimate of drug-likeness (QED) is 0.0829. The van der Waals surface area contributed by atoms with Crippen LogP contribution in [-0.2, 0) is 44.9 Å². The normalized spacial score (nSPS) is 15.8. The average Bonchev–Trinajstić information content (AvgIpc) is 3.21. The molecular weight excluding hydrogens is 584 g/mol. The van der Waals surface area contributed by atoms with E-state index in [0.717, 1.165) is 5.56 Å². The summed E-state index contributed by atoms with van der Waals surface area (Å²) in [6, 6.07) is 4.75. The number of carbonyl (C=O) groups excluding carboxylic acids is 7. The van der Waals surface area contributed by atoms with E-state index in [1.807, 2.05) is 0 Å². The van der Waals surface area contributed by atoms with Gasteiger partial charge in [-0.15, -0.1) is 0 Å². The molecule has 1 aliphatic rings. The molecule has 1 heterocycles. The second-order valence-corrected chi connectivity index (χ2v) is 11.5. The third kappa shape index (κ3) is 13.1. The maximum atomic E-state index is 13.3. The molecular formula is C31H46N6O8. The summed E-state index contributed by atoms with van der Waals surface area (Å²) in [6.45, 7) is 7.12. The Kier molecular flexibility index (Phi) is 15.1. The minimum Gasteiger partial charge on any atom is -0.461 e. The molecule has 2 rings (SSSR count). The van der Waals surface area contributed by atoms with Crippen molar-refractivity contribution in [2.75, 3.05) is 25.0 Å². The van der Waals surface area contributed by atoms with Gasteiger partial charge in [-0.1, -0.05) is 39.3 Å². The number of imide groups is 1. The van der Waals surface area contributed by atoms with Crippen LogP contribution in [0.4, 0.5) is 5.69 Å². The third-order valence-corrected chi connectivity index (χ3v) is 7.23. The number of anilines is 1. The SMILES string of the molecule is CC(=O)OCc1ccc(NC(=O)C(CCNCC(N)=O)NC(=O)C(NC(=O)CCCCCN2C(=O)CC(C)C2=O)C(C)C)cc1. The molecule has 1 aliphatic heterocycles. The van der Waals surface area contributed by atoms with E-state index < -0.39 is 35.8 Å². The van der Waals surface area contributed by atoms with Gasteiger partial charge in [-0.3, -0.25) is 38.5 Å². The zero-order valence-electron chi connectivity index (χ0n) is 26.5. The summed E-state index contributed by atoms with van der Waals surface area (Å²) in [5, 5.41) is 11.1. The molecule has 0 saturated carbocycles. The highest BCUT2D eigenvalue weighted by molar-refractivity contribution is 6.03. The van der Waals surface area contributed by atoms with Gasteiger partial charge in [0, 0.05) is 37.9 Å². The van der Waals surface area contributed by atoms with E-state index in [-0.39, 0.29) is 68.5 Å². The Morgan fingerprint density at radius 2 is 1.69 bits per heavy atom. The monoisotopic (exact) mass is 630 g/mol. The molecule has 0 aliphatic carbocycles. The number of esters is 1. The van der Waals surface area contributed by atoms with Crippen LogP contribution in [0, 0.1) is 11.8 Å². The summed E-state index contributed by atoms with van der Waals surface area (Å²) in [6.07, 6.45) is 2.25. The summed E-state index contributed by atoms with van der Waals surface area (Å²) in [5.74, 6) is -3.25. The zero-order valence-corrected chi connectivity index (χ0v) is 26.5. The first kappa shape index (κ1) is 36.9. The summed E-state index contributed by atoms with van der Waals surface area (Å²) in [5.41, 5.74) is 6.35. The van der Waals surface area contributed by atoms with Gasteiger partial charge in [0.2, 0.25) is 35.4 Å². The third-order valence-electron chi connectivity index (χ3n) is 7.23. The summed E-state index contributed by atoms with van der Waals surface area (Å²) in [4.78, 5) is 86.6. The van der Waals surface area contributed by atoms with Gasteiger partial charge < -0.3 is 31.7 Å². The van der Waals surface area contributed by atoms with Crippen LogP contribution in [0.15, 0.2) is 24.3 Å². The number of unbranched alkanes of at least 4 members (excludes halogenated alkanes) is 2. The van der Waals surface area contributed by atoms with Gasteiger partial charge in [0.25, 0.3) is 0 Å². The number of nitrogens with one attached hydrogen (secondary N) is 4. The molecule has 6 N–H and O–H groups in total. The number of nitrogens with zero attached hydrogens (tertiary/aromatic N) is 1. The van der Waals surface area contributed by atoms with Crippen molar-refractivity contribution in [3.8, 4) is 0 Å².